The monoisotopic (exact) mass is 302 g/mol. The molecule has 2 aromatic rings. The first-order chi connectivity index (χ1) is 10.1. The van der Waals surface area contributed by atoms with Gasteiger partial charge in [-0.25, -0.2) is 4.39 Å². The van der Waals surface area contributed by atoms with Crippen molar-refractivity contribution in [3.8, 4) is 0 Å². The number of benzene rings is 2. The smallest absolute Gasteiger partial charge is 0.238 e. The minimum absolute atomic E-state index is 0.0128. The average molecular weight is 302 g/mol. The van der Waals surface area contributed by atoms with Crippen molar-refractivity contribution in [2.45, 2.75) is 12.3 Å². The Morgan fingerprint density at radius 1 is 1.29 bits per heavy atom. The first-order valence-corrected chi connectivity index (χ1v) is 7.67. The van der Waals surface area contributed by atoms with E-state index < -0.39 is 0 Å². The molecule has 1 saturated heterocycles. The maximum Gasteiger partial charge on any atom is 0.238 e. The number of rotatable bonds is 2. The Balaban J connectivity index is 2.06. The summed E-state index contributed by atoms with van der Waals surface area (Å²) < 4.78 is 13.8. The van der Waals surface area contributed by atoms with Crippen LogP contribution in [-0.4, -0.2) is 11.7 Å². The quantitative estimate of drug-likeness (QED) is 0.864. The van der Waals surface area contributed by atoms with Crippen molar-refractivity contribution in [1.29, 1.82) is 0 Å². The summed E-state index contributed by atoms with van der Waals surface area (Å²) in [6.07, 6.45) is 0. The molecule has 1 heterocycles. The largest absolute Gasteiger partial charge is 0.399 e. The van der Waals surface area contributed by atoms with Gasteiger partial charge in [0.1, 0.15) is 11.2 Å². The molecule has 21 heavy (non-hydrogen) atoms. The third-order valence-electron chi connectivity index (χ3n) is 3.56. The SMILES string of the molecule is Cc1c(F)cccc1N1C(=O)CS[C@H]1c1cccc(N)c1. The van der Waals surface area contributed by atoms with Crippen LogP contribution in [0.2, 0.25) is 0 Å². The van der Waals surface area contributed by atoms with Crippen LogP contribution in [-0.2, 0) is 4.79 Å². The van der Waals surface area contributed by atoms with E-state index in [2.05, 4.69) is 0 Å². The predicted octanol–water partition coefficient (Wildman–Crippen LogP) is 3.49. The highest BCUT2D eigenvalue weighted by atomic mass is 32.2. The number of thioether (sulfide) groups is 1. The molecule has 0 spiro atoms. The molecule has 0 aliphatic carbocycles. The van der Waals surface area contributed by atoms with E-state index in [-0.39, 0.29) is 17.1 Å². The molecule has 108 valence electrons. The van der Waals surface area contributed by atoms with Crippen LogP contribution in [0.5, 0.6) is 0 Å². The van der Waals surface area contributed by atoms with Crippen LogP contribution in [0.4, 0.5) is 15.8 Å². The summed E-state index contributed by atoms with van der Waals surface area (Å²) >= 11 is 1.53. The van der Waals surface area contributed by atoms with Crippen LogP contribution >= 0.6 is 11.8 Å². The lowest BCUT2D eigenvalue weighted by Gasteiger charge is -2.26. The third-order valence-corrected chi connectivity index (χ3v) is 4.77. The topological polar surface area (TPSA) is 46.3 Å². The molecule has 1 aliphatic rings. The highest BCUT2D eigenvalue weighted by Gasteiger charge is 2.35. The fourth-order valence-corrected chi connectivity index (χ4v) is 3.66. The predicted molar refractivity (Wildman–Crippen MR) is 84.7 cm³/mol. The van der Waals surface area contributed by atoms with E-state index >= 15 is 0 Å². The van der Waals surface area contributed by atoms with Crippen molar-refractivity contribution in [2.75, 3.05) is 16.4 Å². The van der Waals surface area contributed by atoms with E-state index in [4.69, 9.17) is 5.73 Å². The fraction of sp³-hybridized carbons (Fsp3) is 0.188. The van der Waals surface area contributed by atoms with Crippen molar-refractivity contribution in [3.63, 3.8) is 0 Å². The first-order valence-electron chi connectivity index (χ1n) is 6.62. The van der Waals surface area contributed by atoms with Crippen molar-refractivity contribution >= 4 is 29.0 Å². The van der Waals surface area contributed by atoms with Crippen molar-refractivity contribution in [3.05, 3.63) is 59.4 Å². The van der Waals surface area contributed by atoms with Crippen LogP contribution in [0.1, 0.15) is 16.5 Å². The second kappa shape index (κ2) is 5.41. The molecule has 1 aliphatic heterocycles. The van der Waals surface area contributed by atoms with Gasteiger partial charge in [0.15, 0.2) is 0 Å². The number of nitrogen functional groups attached to an aromatic ring is 1. The van der Waals surface area contributed by atoms with E-state index in [1.807, 2.05) is 24.3 Å². The Bertz CT molecular complexity index is 704. The fourth-order valence-electron chi connectivity index (χ4n) is 2.50. The second-order valence-corrected chi connectivity index (χ2v) is 6.05. The molecule has 0 unspecified atom stereocenters. The van der Waals surface area contributed by atoms with Gasteiger partial charge in [0.25, 0.3) is 0 Å². The normalized spacial score (nSPS) is 18.3. The lowest BCUT2D eigenvalue weighted by Crippen LogP contribution is -2.28. The maximum absolute atomic E-state index is 13.8. The Hall–Kier alpha value is -2.01. The van der Waals surface area contributed by atoms with Crippen LogP contribution in [0.3, 0.4) is 0 Å². The minimum Gasteiger partial charge on any atom is -0.399 e. The van der Waals surface area contributed by atoms with E-state index in [1.165, 1.54) is 17.8 Å². The van der Waals surface area contributed by atoms with Crippen LogP contribution in [0, 0.1) is 12.7 Å². The lowest BCUT2D eigenvalue weighted by atomic mass is 10.1. The molecular formula is C16H15FN2OS. The number of amides is 1. The van der Waals surface area contributed by atoms with Gasteiger partial charge in [0.05, 0.1) is 11.4 Å². The van der Waals surface area contributed by atoms with Crippen LogP contribution in [0.25, 0.3) is 0 Å². The number of halogens is 1. The number of hydrogen-bond donors (Lipinski definition) is 1. The van der Waals surface area contributed by atoms with Gasteiger partial charge in [0.2, 0.25) is 5.91 Å². The molecule has 3 rings (SSSR count). The molecule has 0 aromatic heterocycles. The van der Waals surface area contributed by atoms with Gasteiger partial charge in [-0.1, -0.05) is 18.2 Å². The Morgan fingerprint density at radius 2 is 2.05 bits per heavy atom. The zero-order chi connectivity index (χ0) is 15.0. The number of carbonyl (C=O) groups is 1. The van der Waals surface area contributed by atoms with Crippen molar-refractivity contribution in [1.82, 2.24) is 0 Å². The summed E-state index contributed by atoms with van der Waals surface area (Å²) in [7, 11) is 0. The third kappa shape index (κ3) is 2.49. The molecule has 1 fully saturated rings. The molecule has 0 bridgehead atoms. The number of carbonyl (C=O) groups excluding carboxylic acids is 1. The molecule has 1 atom stereocenters. The van der Waals surface area contributed by atoms with E-state index in [1.54, 1.807) is 24.0 Å². The van der Waals surface area contributed by atoms with Gasteiger partial charge >= 0.3 is 0 Å². The molecule has 1 amide bonds. The summed E-state index contributed by atoms with van der Waals surface area (Å²) in [5.74, 6) is 0.0692. The highest BCUT2D eigenvalue weighted by Crippen LogP contribution is 2.43. The summed E-state index contributed by atoms with van der Waals surface area (Å²) in [6.45, 7) is 1.69. The second-order valence-electron chi connectivity index (χ2n) is 4.98. The molecule has 0 radical (unpaired) electrons. The molecule has 5 heteroatoms. The standard InChI is InChI=1S/C16H15FN2OS/c1-10-13(17)6-3-7-14(10)19-15(20)9-21-16(19)11-4-2-5-12(18)8-11/h2-8,16H,9,18H2,1H3/t16-/m0/s1. The van der Waals surface area contributed by atoms with Crippen LogP contribution in [0.15, 0.2) is 42.5 Å². The van der Waals surface area contributed by atoms with Gasteiger partial charge in [-0.2, -0.15) is 0 Å². The number of nitrogens with two attached hydrogens (primary N) is 1. The minimum atomic E-state index is -0.302. The van der Waals surface area contributed by atoms with Gasteiger partial charge < -0.3 is 5.73 Å². The number of nitrogens with zero attached hydrogens (tertiary/aromatic N) is 1. The van der Waals surface area contributed by atoms with E-state index in [9.17, 15) is 9.18 Å². The number of anilines is 2. The molecular weight excluding hydrogens is 287 g/mol. The molecule has 2 aromatic carbocycles. The number of hydrogen-bond acceptors (Lipinski definition) is 3. The summed E-state index contributed by atoms with van der Waals surface area (Å²) in [5.41, 5.74) is 8.55. The Morgan fingerprint density at radius 3 is 2.81 bits per heavy atom. The molecule has 0 saturated carbocycles. The Labute approximate surface area is 126 Å². The summed E-state index contributed by atoms with van der Waals surface area (Å²) in [5, 5.41) is -0.165. The molecule has 2 N–H and O–H groups in total. The zero-order valence-corrected chi connectivity index (χ0v) is 12.4. The van der Waals surface area contributed by atoms with E-state index in [0.29, 0.717) is 22.7 Å². The highest BCUT2D eigenvalue weighted by molar-refractivity contribution is 8.00. The van der Waals surface area contributed by atoms with Crippen molar-refractivity contribution < 1.29 is 9.18 Å². The van der Waals surface area contributed by atoms with Gasteiger partial charge in [-0.05, 0) is 36.8 Å². The van der Waals surface area contributed by atoms with E-state index in [0.717, 1.165) is 5.56 Å². The maximum atomic E-state index is 13.8. The van der Waals surface area contributed by atoms with Crippen LogP contribution < -0.4 is 10.6 Å². The molecule has 3 nitrogen and oxygen atoms in total. The summed E-state index contributed by atoms with van der Waals surface area (Å²) in [4.78, 5) is 13.9. The van der Waals surface area contributed by atoms with Gasteiger partial charge in [-0.15, -0.1) is 11.8 Å². The van der Waals surface area contributed by atoms with Gasteiger partial charge in [-0.3, -0.25) is 9.69 Å². The average Bonchev–Trinajstić information content (AvgIpc) is 2.84. The summed E-state index contributed by atoms with van der Waals surface area (Å²) in [6, 6.07) is 12.3. The van der Waals surface area contributed by atoms with Gasteiger partial charge in [0, 0.05) is 11.3 Å². The van der Waals surface area contributed by atoms with Crippen molar-refractivity contribution in [2.24, 2.45) is 0 Å². The Kier molecular flexibility index (Phi) is 3.59. The first kappa shape index (κ1) is 13.9. The zero-order valence-electron chi connectivity index (χ0n) is 11.5. The lowest BCUT2D eigenvalue weighted by molar-refractivity contribution is -0.115.